The van der Waals surface area contributed by atoms with Crippen molar-refractivity contribution in [3.8, 4) is 0 Å². The fourth-order valence-corrected chi connectivity index (χ4v) is 2.18. The molecular weight excluding hydrogens is 206 g/mol. The van der Waals surface area contributed by atoms with E-state index >= 15 is 0 Å². The molecule has 0 bridgehead atoms. The van der Waals surface area contributed by atoms with Crippen LogP contribution >= 0.6 is 11.3 Å². The van der Waals surface area contributed by atoms with Crippen molar-refractivity contribution in [1.29, 1.82) is 0 Å². The van der Waals surface area contributed by atoms with E-state index in [1.807, 2.05) is 18.3 Å². The van der Waals surface area contributed by atoms with Crippen molar-refractivity contribution in [2.45, 2.75) is 12.5 Å². The van der Waals surface area contributed by atoms with Crippen LogP contribution in [0.4, 0.5) is 0 Å². The van der Waals surface area contributed by atoms with Crippen molar-refractivity contribution >= 4 is 11.3 Å². The number of nitrogens with two attached hydrogens (primary N) is 1. The van der Waals surface area contributed by atoms with E-state index in [1.54, 1.807) is 17.5 Å². The van der Waals surface area contributed by atoms with Gasteiger partial charge in [-0.15, -0.1) is 0 Å². The fraction of sp³-hybridized carbons (Fsp3) is 0.182. The summed E-state index contributed by atoms with van der Waals surface area (Å²) in [5, 5.41) is 4.22. The Morgan fingerprint density at radius 3 is 3.00 bits per heavy atom. The number of rotatable bonds is 4. The Labute approximate surface area is 92.9 Å². The van der Waals surface area contributed by atoms with E-state index in [4.69, 9.17) is 5.84 Å². The molecule has 0 aromatic carbocycles. The average Bonchev–Trinajstić information content (AvgIpc) is 2.80. The first-order chi connectivity index (χ1) is 7.40. The van der Waals surface area contributed by atoms with Gasteiger partial charge < -0.3 is 0 Å². The SMILES string of the molecule is NNC(Cc1ccsc1)c1cccnc1. The molecule has 2 aromatic heterocycles. The Morgan fingerprint density at radius 1 is 1.47 bits per heavy atom. The number of hydrogen-bond donors (Lipinski definition) is 2. The van der Waals surface area contributed by atoms with E-state index in [0.29, 0.717) is 0 Å². The molecule has 1 atom stereocenters. The van der Waals surface area contributed by atoms with Gasteiger partial charge in [0.05, 0.1) is 6.04 Å². The largest absolute Gasteiger partial charge is 0.271 e. The van der Waals surface area contributed by atoms with Crippen LogP contribution in [-0.2, 0) is 6.42 Å². The maximum Gasteiger partial charge on any atom is 0.0515 e. The number of thiophene rings is 1. The highest BCUT2D eigenvalue weighted by Crippen LogP contribution is 2.18. The third kappa shape index (κ3) is 2.62. The molecule has 1 unspecified atom stereocenters. The molecule has 0 aliphatic rings. The molecule has 0 aliphatic heterocycles. The highest BCUT2D eigenvalue weighted by atomic mass is 32.1. The zero-order chi connectivity index (χ0) is 10.5. The maximum atomic E-state index is 5.55. The first kappa shape index (κ1) is 10.3. The van der Waals surface area contributed by atoms with E-state index < -0.39 is 0 Å². The molecule has 2 heterocycles. The first-order valence-electron chi connectivity index (χ1n) is 4.77. The van der Waals surface area contributed by atoms with Gasteiger partial charge in [0.25, 0.3) is 0 Å². The van der Waals surface area contributed by atoms with Gasteiger partial charge in [-0.05, 0) is 40.4 Å². The number of hydrazine groups is 1. The van der Waals surface area contributed by atoms with Crippen LogP contribution in [0.3, 0.4) is 0 Å². The molecule has 3 nitrogen and oxygen atoms in total. The molecule has 4 heteroatoms. The number of pyridine rings is 1. The standard InChI is InChI=1S/C11H13N3S/c12-14-11(6-9-3-5-15-8-9)10-2-1-4-13-7-10/h1-5,7-8,11,14H,6,12H2. The van der Waals surface area contributed by atoms with Gasteiger partial charge in [0, 0.05) is 12.4 Å². The lowest BCUT2D eigenvalue weighted by atomic mass is 10.0. The van der Waals surface area contributed by atoms with Crippen LogP contribution in [0.5, 0.6) is 0 Å². The van der Waals surface area contributed by atoms with Crippen LogP contribution in [0.1, 0.15) is 17.2 Å². The smallest absolute Gasteiger partial charge is 0.0515 e. The molecule has 0 aliphatic carbocycles. The quantitative estimate of drug-likeness (QED) is 0.610. The zero-order valence-corrected chi connectivity index (χ0v) is 9.08. The Bertz CT molecular complexity index is 385. The number of hydrogen-bond acceptors (Lipinski definition) is 4. The number of aromatic nitrogens is 1. The Hall–Kier alpha value is -1.23. The van der Waals surface area contributed by atoms with Gasteiger partial charge in [0.2, 0.25) is 0 Å². The summed E-state index contributed by atoms with van der Waals surface area (Å²) in [6.07, 6.45) is 4.50. The van der Waals surface area contributed by atoms with E-state index in [-0.39, 0.29) is 6.04 Å². The second-order valence-corrected chi connectivity index (χ2v) is 4.12. The summed E-state index contributed by atoms with van der Waals surface area (Å²) in [5.74, 6) is 5.55. The van der Waals surface area contributed by atoms with Gasteiger partial charge in [0.1, 0.15) is 0 Å². The lowest BCUT2D eigenvalue weighted by Crippen LogP contribution is -2.29. The Morgan fingerprint density at radius 2 is 2.40 bits per heavy atom. The van der Waals surface area contributed by atoms with Gasteiger partial charge in [-0.3, -0.25) is 16.3 Å². The van der Waals surface area contributed by atoms with E-state index in [0.717, 1.165) is 12.0 Å². The van der Waals surface area contributed by atoms with Crippen molar-refractivity contribution in [3.05, 3.63) is 52.5 Å². The third-order valence-electron chi connectivity index (χ3n) is 2.31. The van der Waals surface area contributed by atoms with E-state index in [2.05, 4.69) is 27.2 Å². The summed E-state index contributed by atoms with van der Waals surface area (Å²) in [6.45, 7) is 0. The molecule has 0 saturated heterocycles. The average molecular weight is 219 g/mol. The van der Waals surface area contributed by atoms with Gasteiger partial charge >= 0.3 is 0 Å². The van der Waals surface area contributed by atoms with Crippen molar-refractivity contribution in [2.24, 2.45) is 5.84 Å². The van der Waals surface area contributed by atoms with Crippen LogP contribution in [-0.4, -0.2) is 4.98 Å². The summed E-state index contributed by atoms with van der Waals surface area (Å²) < 4.78 is 0. The van der Waals surface area contributed by atoms with Crippen LogP contribution in [0.2, 0.25) is 0 Å². The highest BCUT2D eigenvalue weighted by Gasteiger charge is 2.10. The molecule has 0 spiro atoms. The molecule has 0 radical (unpaired) electrons. The lowest BCUT2D eigenvalue weighted by Gasteiger charge is -2.14. The summed E-state index contributed by atoms with van der Waals surface area (Å²) in [7, 11) is 0. The van der Waals surface area contributed by atoms with Crippen molar-refractivity contribution in [3.63, 3.8) is 0 Å². The van der Waals surface area contributed by atoms with Gasteiger partial charge in [0.15, 0.2) is 0 Å². The van der Waals surface area contributed by atoms with Crippen LogP contribution in [0.25, 0.3) is 0 Å². The molecule has 15 heavy (non-hydrogen) atoms. The number of nitrogens with one attached hydrogen (secondary N) is 1. The second-order valence-electron chi connectivity index (χ2n) is 3.34. The molecule has 2 rings (SSSR count). The monoisotopic (exact) mass is 219 g/mol. The summed E-state index contributed by atoms with van der Waals surface area (Å²) >= 11 is 1.70. The minimum absolute atomic E-state index is 0.133. The Kier molecular flexibility index (Phi) is 3.45. The Balaban J connectivity index is 2.12. The van der Waals surface area contributed by atoms with Gasteiger partial charge in [-0.1, -0.05) is 6.07 Å². The summed E-state index contributed by atoms with van der Waals surface area (Å²) in [6, 6.07) is 6.20. The molecule has 0 saturated carbocycles. The molecule has 78 valence electrons. The highest BCUT2D eigenvalue weighted by molar-refractivity contribution is 7.07. The van der Waals surface area contributed by atoms with Crippen LogP contribution in [0.15, 0.2) is 41.4 Å². The summed E-state index contributed by atoms with van der Waals surface area (Å²) in [5.41, 5.74) is 5.24. The molecule has 0 fully saturated rings. The van der Waals surface area contributed by atoms with Crippen molar-refractivity contribution < 1.29 is 0 Å². The molecular formula is C11H13N3S. The lowest BCUT2D eigenvalue weighted by molar-refractivity contribution is 0.551. The van der Waals surface area contributed by atoms with Crippen LogP contribution < -0.4 is 11.3 Å². The van der Waals surface area contributed by atoms with Crippen LogP contribution in [0, 0.1) is 0 Å². The van der Waals surface area contributed by atoms with E-state index in [1.165, 1.54) is 5.56 Å². The zero-order valence-electron chi connectivity index (χ0n) is 8.26. The molecule has 2 aromatic rings. The second kappa shape index (κ2) is 5.02. The molecule has 3 N–H and O–H groups in total. The van der Waals surface area contributed by atoms with Crippen molar-refractivity contribution in [1.82, 2.24) is 10.4 Å². The predicted octanol–water partition coefficient (Wildman–Crippen LogP) is 1.89. The van der Waals surface area contributed by atoms with Gasteiger partial charge in [-0.25, -0.2) is 0 Å². The van der Waals surface area contributed by atoms with Crippen molar-refractivity contribution in [2.75, 3.05) is 0 Å². The van der Waals surface area contributed by atoms with Gasteiger partial charge in [-0.2, -0.15) is 11.3 Å². The molecule has 0 amide bonds. The summed E-state index contributed by atoms with van der Waals surface area (Å²) in [4.78, 5) is 4.09. The maximum absolute atomic E-state index is 5.55. The first-order valence-corrected chi connectivity index (χ1v) is 5.71. The fourth-order valence-electron chi connectivity index (χ4n) is 1.50. The topological polar surface area (TPSA) is 50.9 Å². The van der Waals surface area contributed by atoms with E-state index in [9.17, 15) is 0 Å². The number of nitrogens with zero attached hydrogens (tertiary/aromatic N) is 1. The normalized spacial score (nSPS) is 12.6. The minimum Gasteiger partial charge on any atom is -0.271 e. The minimum atomic E-state index is 0.133. The predicted molar refractivity (Wildman–Crippen MR) is 62.3 cm³/mol. The third-order valence-corrected chi connectivity index (χ3v) is 3.04.